The van der Waals surface area contributed by atoms with Crippen LogP contribution < -0.4 is 11.2 Å². The predicted molar refractivity (Wildman–Crippen MR) is 55.2 cm³/mol. The van der Waals surface area contributed by atoms with Gasteiger partial charge in [0.15, 0.2) is 5.82 Å². The van der Waals surface area contributed by atoms with E-state index in [2.05, 4.69) is 15.6 Å². The van der Waals surface area contributed by atoms with E-state index in [-0.39, 0.29) is 0 Å². The Morgan fingerprint density at radius 3 is 2.85 bits per heavy atom. The van der Waals surface area contributed by atoms with Crippen molar-refractivity contribution in [2.75, 3.05) is 19.5 Å². The van der Waals surface area contributed by atoms with Gasteiger partial charge in [-0.05, 0) is 6.07 Å². The molecular formula is C7H11N5S. The summed E-state index contributed by atoms with van der Waals surface area (Å²) < 4.78 is 0. The molecule has 0 unspecified atom stereocenters. The molecule has 1 heterocycles. The summed E-state index contributed by atoms with van der Waals surface area (Å²) in [5.74, 6) is 0.569. The highest BCUT2D eigenvalue weighted by atomic mass is 32.1. The van der Waals surface area contributed by atoms with Crippen molar-refractivity contribution >= 4 is 23.0 Å². The van der Waals surface area contributed by atoms with E-state index in [1.807, 2.05) is 14.1 Å². The summed E-state index contributed by atoms with van der Waals surface area (Å²) in [5.41, 5.74) is 9.14. The van der Waals surface area contributed by atoms with Crippen LogP contribution in [0.25, 0.3) is 0 Å². The van der Waals surface area contributed by atoms with Crippen molar-refractivity contribution < 1.29 is 0 Å². The van der Waals surface area contributed by atoms with E-state index in [1.165, 1.54) is 0 Å². The fourth-order valence-electron chi connectivity index (χ4n) is 0.825. The first kappa shape index (κ1) is 9.82. The normalized spacial score (nSPS) is 10.1. The monoisotopic (exact) mass is 197 g/mol. The summed E-state index contributed by atoms with van der Waals surface area (Å²) >= 11 is 4.85. The van der Waals surface area contributed by atoms with Crippen LogP contribution in [0.5, 0.6) is 0 Å². The van der Waals surface area contributed by atoms with Crippen LogP contribution in [0.3, 0.4) is 0 Å². The van der Waals surface area contributed by atoms with Crippen molar-refractivity contribution in [3.05, 3.63) is 17.8 Å². The smallest absolute Gasteiger partial charge is 0.173 e. The molecule has 0 radical (unpaired) electrons. The summed E-state index contributed by atoms with van der Waals surface area (Å²) in [7, 11) is 3.69. The Morgan fingerprint density at radius 1 is 1.62 bits per heavy atom. The van der Waals surface area contributed by atoms with Crippen LogP contribution in [0.4, 0.5) is 5.82 Å². The fourth-order valence-corrected chi connectivity index (χ4v) is 0.990. The summed E-state index contributed by atoms with van der Waals surface area (Å²) in [5, 5.41) is 9.34. The second-order valence-corrected chi connectivity index (χ2v) is 3.10. The average molecular weight is 197 g/mol. The molecule has 0 saturated heterocycles. The van der Waals surface area contributed by atoms with E-state index >= 15 is 0 Å². The maximum Gasteiger partial charge on any atom is 0.173 e. The van der Waals surface area contributed by atoms with E-state index in [9.17, 15) is 0 Å². The third-order valence-corrected chi connectivity index (χ3v) is 1.54. The molecule has 0 aliphatic heterocycles. The van der Waals surface area contributed by atoms with Crippen LogP contribution in [0, 0.1) is 0 Å². The first-order valence-electron chi connectivity index (χ1n) is 3.66. The summed E-state index contributed by atoms with van der Waals surface area (Å²) in [6, 6.07) is 1.72. The lowest BCUT2D eigenvalue weighted by Crippen LogP contribution is -2.24. The van der Waals surface area contributed by atoms with Crippen molar-refractivity contribution in [1.29, 1.82) is 0 Å². The Bertz CT molecular complexity index is 312. The zero-order chi connectivity index (χ0) is 9.84. The standard InChI is InChI=1S/C7H11N5S/c1-12(2)11-7-5(6(8)13)3-4-9-10-7/h3-4H,1-2H3,(H2,8,13)(H,10,11). The van der Waals surface area contributed by atoms with Crippen molar-refractivity contribution in [3.8, 4) is 0 Å². The van der Waals surface area contributed by atoms with Gasteiger partial charge in [-0.3, -0.25) is 0 Å². The molecule has 1 aromatic rings. The second-order valence-electron chi connectivity index (χ2n) is 2.66. The maximum absolute atomic E-state index is 5.50. The van der Waals surface area contributed by atoms with Crippen molar-refractivity contribution in [2.24, 2.45) is 5.73 Å². The van der Waals surface area contributed by atoms with Gasteiger partial charge < -0.3 is 11.2 Å². The van der Waals surface area contributed by atoms with Crippen LogP contribution in [0.15, 0.2) is 12.3 Å². The molecule has 6 heteroatoms. The highest BCUT2D eigenvalue weighted by Gasteiger charge is 2.06. The number of aromatic nitrogens is 2. The minimum absolute atomic E-state index is 0.305. The molecule has 0 aliphatic carbocycles. The van der Waals surface area contributed by atoms with Crippen LogP contribution in [0.2, 0.25) is 0 Å². The molecule has 0 bridgehead atoms. The van der Waals surface area contributed by atoms with Gasteiger partial charge >= 0.3 is 0 Å². The Hall–Kier alpha value is -1.27. The van der Waals surface area contributed by atoms with Crippen molar-refractivity contribution in [2.45, 2.75) is 0 Å². The topological polar surface area (TPSA) is 67.1 Å². The quantitative estimate of drug-likeness (QED) is 0.525. The molecule has 3 N–H and O–H groups in total. The van der Waals surface area contributed by atoms with E-state index in [0.717, 1.165) is 0 Å². The highest BCUT2D eigenvalue weighted by Crippen LogP contribution is 2.09. The first-order valence-corrected chi connectivity index (χ1v) is 4.07. The molecule has 0 fully saturated rings. The zero-order valence-corrected chi connectivity index (χ0v) is 8.30. The Morgan fingerprint density at radius 2 is 2.31 bits per heavy atom. The van der Waals surface area contributed by atoms with Crippen LogP contribution in [-0.2, 0) is 0 Å². The number of hydrogen-bond acceptors (Lipinski definition) is 5. The minimum atomic E-state index is 0.305. The molecule has 5 nitrogen and oxygen atoms in total. The lowest BCUT2D eigenvalue weighted by atomic mass is 10.3. The number of anilines is 1. The molecule has 0 saturated carbocycles. The number of rotatable bonds is 3. The van der Waals surface area contributed by atoms with Gasteiger partial charge in [-0.25, -0.2) is 5.01 Å². The molecule has 70 valence electrons. The van der Waals surface area contributed by atoms with Crippen molar-refractivity contribution in [3.63, 3.8) is 0 Å². The van der Waals surface area contributed by atoms with Gasteiger partial charge in [-0.1, -0.05) is 12.2 Å². The Balaban J connectivity index is 2.98. The summed E-state index contributed by atoms with van der Waals surface area (Å²) in [6.45, 7) is 0. The maximum atomic E-state index is 5.50. The molecule has 0 spiro atoms. The largest absolute Gasteiger partial charge is 0.389 e. The van der Waals surface area contributed by atoms with Crippen LogP contribution >= 0.6 is 12.2 Å². The highest BCUT2D eigenvalue weighted by molar-refractivity contribution is 7.80. The zero-order valence-electron chi connectivity index (χ0n) is 7.48. The molecule has 13 heavy (non-hydrogen) atoms. The number of nitrogens with one attached hydrogen (secondary N) is 1. The molecule has 0 atom stereocenters. The third-order valence-electron chi connectivity index (χ3n) is 1.32. The van der Waals surface area contributed by atoms with Crippen molar-refractivity contribution in [1.82, 2.24) is 15.2 Å². The van der Waals surface area contributed by atoms with E-state index in [4.69, 9.17) is 18.0 Å². The lowest BCUT2D eigenvalue weighted by Gasteiger charge is -2.14. The van der Waals surface area contributed by atoms with E-state index < -0.39 is 0 Å². The molecule has 1 rings (SSSR count). The van der Waals surface area contributed by atoms with Gasteiger partial charge in [0.05, 0.1) is 11.8 Å². The fraction of sp³-hybridized carbons (Fsp3) is 0.286. The van der Waals surface area contributed by atoms with Gasteiger partial charge in [-0.15, -0.1) is 5.10 Å². The van der Waals surface area contributed by atoms with Gasteiger partial charge in [-0.2, -0.15) is 5.10 Å². The number of hydrogen-bond donors (Lipinski definition) is 2. The van der Waals surface area contributed by atoms with Gasteiger partial charge in [0.25, 0.3) is 0 Å². The SMILES string of the molecule is CN(C)Nc1nnccc1C(N)=S. The molecular weight excluding hydrogens is 186 g/mol. The van der Waals surface area contributed by atoms with Crippen LogP contribution in [0.1, 0.15) is 5.56 Å². The third kappa shape index (κ3) is 2.60. The second kappa shape index (κ2) is 4.11. The summed E-state index contributed by atoms with van der Waals surface area (Å²) in [6.07, 6.45) is 1.55. The summed E-state index contributed by atoms with van der Waals surface area (Å²) in [4.78, 5) is 0.305. The number of nitrogens with two attached hydrogens (primary N) is 1. The number of thiocarbonyl (C=S) groups is 1. The molecule has 0 aromatic carbocycles. The predicted octanol–water partition coefficient (Wildman–Crippen LogP) is -0.000700. The van der Waals surface area contributed by atoms with Crippen LogP contribution in [-0.4, -0.2) is 34.3 Å². The minimum Gasteiger partial charge on any atom is -0.389 e. The lowest BCUT2D eigenvalue weighted by molar-refractivity contribution is 0.491. The van der Waals surface area contributed by atoms with Gasteiger partial charge in [0.1, 0.15) is 4.99 Å². The molecule has 1 aromatic heterocycles. The number of hydrazine groups is 1. The Kier molecular flexibility index (Phi) is 3.10. The van der Waals surface area contributed by atoms with E-state index in [0.29, 0.717) is 16.4 Å². The average Bonchev–Trinajstić information content (AvgIpc) is 2.03. The Labute approximate surface area is 81.9 Å². The first-order chi connectivity index (χ1) is 6.11. The van der Waals surface area contributed by atoms with Gasteiger partial charge in [0.2, 0.25) is 0 Å². The van der Waals surface area contributed by atoms with E-state index in [1.54, 1.807) is 17.3 Å². The number of nitrogens with zero attached hydrogens (tertiary/aromatic N) is 3. The molecule has 0 amide bonds. The van der Waals surface area contributed by atoms with Gasteiger partial charge in [0, 0.05) is 14.1 Å². The molecule has 0 aliphatic rings.